The van der Waals surface area contributed by atoms with E-state index in [-0.39, 0.29) is 6.03 Å². The van der Waals surface area contributed by atoms with E-state index in [9.17, 15) is 4.79 Å². The maximum atomic E-state index is 12.0. The second-order valence-corrected chi connectivity index (χ2v) is 7.45. The van der Waals surface area contributed by atoms with Crippen LogP contribution in [0.15, 0.2) is 36.5 Å². The van der Waals surface area contributed by atoms with E-state index in [2.05, 4.69) is 27.4 Å². The molecule has 2 N–H and O–H groups in total. The van der Waals surface area contributed by atoms with Crippen LogP contribution in [0.4, 0.5) is 16.3 Å². The first-order valence-corrected chi connectivity index (χ1v) is 9.46. The molecule has 2 amide bonds. The Bertz CT molecular complexity index is 759. The summed E-state index contributed by atoms with van der Waals surface area (Å²) in [7, 11) is 0. The number of carbonyl (C=O) groups excluding carboxylic acids is 1. The van der Waals surface area contributed by atoms with Crippen molar-refractivity contribution < 1.29 is 4.79 Å². The van der Waals surface area contributed by atoms with Crippen LogP contribution in [0.5, 0.6) is 0 Å². The summed E-state index contributed by atoms with van der Waals surface area (Å²) < 4.78 is 0. The first-order chi connectivity index (χ1) is 12.5. The van der Waals surface area contributed by atoms with Gasteiger partial charge in [-0.2, -0.15) is 0 Å². The van der Waals surface area contributed by atoms with E-state index in [1.165, 1.54) is 12.8 Å². The number of halogens is 2. The lowest BCUT2D eigenvalue weighted by atomic mass is 9.99. The number of nitrogens with zero attached hydrogens (tertiary/aromatic N) is 2. The van der Waals surface area contributed by atoms with E-state index >= 15 is 0 Å². The van der Waals surface area contributed by atoms with Gasteiger partial charge in [-0.15, -0.1) is 0 Å². The molecule has 26 heavy (non-hydrogen) atoms. The highest BCUT2D eigenvalue weighted by Gasteiger charge is 2.16. The third-order valence-electron chi connectivity index (χ3n) is 4.55. The highest BCUT2D eigenvalue weighted by molar-refractivity contribution is 6.42. The minimum Gasteiger partial charge on any atom is -0.357 e. The molecule has 0 atom stereocenters. The SMILES string of the molecule is CC1CCN(c2ccc(CNC(=O)Nc3ccc(Cl)c(Cl)c3)cn2)CC1. The van der Waals surface area contributed by atoms with Crippen molar-refractivity contribution in [3.8, 4) is 0 Å². The van der Waals surface area contributed by atoms with Crippen molar-refractivity contribution in [2.45, 2.75) is 26.3 Å². The van der Waals surface area contributed by atoms with Gasteiger partial charge in [0.15, 0.2) is 0 Å². The molecule has 1 fully saturated rings. The fourth-order valence-electron chi connectivity index (χ4n) is 2.88. The zero-order chi connectivity index (χ0) is 18.5. The number of aromatic nitrogens is 1. The Labute approximate surface area is 163 Å². The molecule has 0 bridgehead atoms. The highest BCUT2D eigenvalue weighted by atomic mass is 35.5. The molecule has 2 aromatic rings. The van der Waals surface area contributed by atoms with Crippen molar-refractivity contribution in [3.63, 3.8) is 0 Å². The topological polar surface area (TPSA) is 57.3 Å². The van der Waals surface area contributed by atoms with Gasteiger partial charge in [0.05, 0.1) is 10.0 Å². The number of nitrogens with one attached hydrogen (secondary N) is 2. The van der Waals surface area contributed by atoms with Crippen molar-refractivity contribution in [1.82, 2.24) is 10.3 Å². The Morgan fingerprint density at radius 1 is 1.19 bits per heavy atom. The summed E-state index contributed by atoms with van der Waals surface area (Å²) in [6, 6.07) is 8.66. The lowest BCUT2D eigenvalue weighted by Gasteiger charge is -2.31. The van der Waals surface area contributed by atoms with Gasteiger partial charge in [0.2, 0.25) is 0 Å². The number of piperidine rings is 1. The maximum Gasteiger partial charge on any atom is 0.319 e. The van der Waals surface area contributed by atoms with Crippen LogP contribution in [0, 0.1) is 5.92 Å². The summed E-state index contributed by atoms with van der Waals surface area (Å²) in [5, 5.41) is 6.38. The second kappa shape index (κ2) is 8.60. The van der Waals surface area contributed by atoms with Gasteiger partial charge >= 0.3 is 6.03 Å². The fraction of sp³-hybridized carbons (Fsp3) is 0.368. The number of rotatable bonds is 4. The molecule has 1 saturated heterocycles. The number of pyridine rings is 1. The number of urea groups is 1. The van der Waals surface area contributed by atoms with Gasteiger partial charge in [-0.3, -0.25) is 0 Å². The van der Waals surface area contributed by atoms with Crippen LogP contribution in [0.25, 0.3) is 0 Å². The van der Waals surface area contributed by atoms with Gasteiger partial charge in [0.25, 0.3) is 0 Å². The van der Waals surface area contributed by atoms with Crippen molar-refractivity contribution in [1.29, 1.82) is 0 Å². The molecule has 0 spiro atoms. The van der Waals surface area contributed by atoms with Gasteiger partial charge in [-0.05, 0) is 48.6 Å². The maximum absolute atomic E-state index is 12.0. The van der Waals surface area contributed by atoms with Crippen LogP contribution in [0.3, 0.4) is 0 Å². The van der Waals surface area contributed by atoms with E-state index in [0.29, 0.717) is 22.3 Å². The molecule has 0 saturated carbocycles. The molecule has 1 aromatic heterocycles. The molecule has 2 heterocycles. The first-order valence-electron chi connectivity index (χ1n) is 8.71. The molecule has 1 aliphatic heterocycles. The van der Waals surface area contributed by atoms with Crippen LogP contribution in [0.1, 0.15) is 25.3 Å². The van der Waals surface area contributed by atoms with Crippen molar-refractivity contribution >= 4 is 40.7 Å². The zero-order valence-electron chi connectivity index (χ0n) is 14.6. The van der Waals surface area contributed by atoms with Crippen LogP contribution in [0.2, 0.25) is 10.0 Å². The normalized spacial score (nSPS) is 15.0. The number of hydrogen-bond acceptors (Lipinski definition) is 3. The summed E-state index contributed by atoms with van der Waals surface area (Å²) in [5.41, 5.74) is 1.54. The van der Waals surface area contributed by atoms with Crippen molar-refractivity contribution in [2.75, 3.05) is 23.3 Å². The molecule has 1 aliphatic rings. The molecule has 0 unspecified atom stereocenters. The van der Waals surface area contributed by atoms with Gasteiger partial charge < -0.3 is 15.5 Å². The number of carbonyl (C=O) groups is 1. The van der Waals surface area contributed by atoms with E-state index in [1.807, 2.05) is 18.3 Å². The summed E-state index contributed by atoms with van der Waals surface area (Å²) in [6.07, 6.45) is 4.23. The van der Waals surface area contributed by atoms with E-state index < -0.39 is 0 Å². The molecular formula is C19H22Cl2N4O. The standard InChI is InChI=1S/C19H22Cl2N4O/c1-13-6-8-25(9-7-13)18-5-2-14(11-22-18)12-23-19(26)24-15-3-4-16(20)17(21)10-15/h2-5,10-11,13H,6-9,12H2,1H3,(H2,23,24,26). The third-order valence-corrected chi connectivity index (χ3v) is 5.29. The minimum absolute atomic E-state index is 0.308. The first kappa shape index (κ1) is 18.8. The smallest absolute Gasteiger partial charge is 0.319 e. The lowest BCUT2D eigenvalue weighted by molar-refractivity contribution is 0.251. The van der Waals surface area contributed by atoms with Crippen LogP contribution in [-0.4, -0.2) is 24.1 Å². The van der Waals surface area contributed by atoms with Crippen molar-refractivity contribution in [3.05, 3.63) is 52.1 Å². The van der Waals surface area contributed by atoms with Gasteiger partial charge in [-0.25, -0.2) is 9.78 Å². The largest absolute Gasteiger partial charge is 0.357 e. The van der Waals surface area contributed by atoms with Crippen LogP contribution >= 0.6 is 23.2 Å². The number of anilines is 2. The predicted octanol–water partition coefficient (Wildman–Crippen LogP) is 4.95. The molecule has 7 heteroatoms. The molecule has 1 aromatic carbocycles. The Hall–Kier alpha value is -1.98. The highest BCUT2D eigenvalue weighted by Crippen LogP contribution is 2.25. The monoisotopic (exact) mass is 392 g/mol. The minimum atomic E-state index is -0.308. The Morgan fingerprint density at radius 2 is 1.96 bits per heavy atom. The number of amides is 2. The summed E-state index contributed by atoms with van der Waals surface area (Å²) in [5.74, 6) is 1.80. The third kappa shape index (κ3) is 5.02. The Morgan fingerprint density at radius 3 is 2.62 bits per heavy atom. The van der Waals surface area contributed by atoms with E-state index in [4.69, 9.17) is 23.2 Å². The lowest BCUT2D eigenvalue weighted by Crippen LogP contribution is -2.33. The van der Waals surface area contributed by atoms with Gasteiger partial charge in [0.1, 0.15) is 5.82 Å². The molecule has 0 radical (unpaired) electrons. The second-order valence-electron chi connectivity index (χ2n) is 6.63. The molecule has 3 rings (SSSR count). The number of hydrogen-bond donors (Lipinski definition) is 2. The quantitative estimate of drug-likeness (QED) is 0.773. The molecule has 0 aliphatic carbocycles. The average molecular weight is 393 g/mol. The molecule has 5 nitrogen and oxygen atoms in total. The summed E-state index contributed by atoms with van der Waals surface area (Å²) in [4.78, 5) is 18.8. The van der Waals surface area contributed by atoms with E-state index in [1.54, 1.807) is 18.2 Å². The zero-order valence-corrected chi connectivity index (χ0v) is 16.1. The summed E-state index contributed by atoms with van der Waals surface area (Å²) >= 11 is 11.8. The van der Waals surface area contributed by atoms with Gasteiger partial charge in [-0.1, -0.05) is 36.2 Å². The van der Waals surface area contributed by atoms with Crippen LogP contribution in [-0.2, 0) is 6.54 Å². The van der Waals surface area contributed by atoms with Crippen molar-refractivity contribution in [2.24, 2.45) is 5.92 Å². The molecular weight excluding hydrogens is 371 g/mol. The predicted molar refractivity (Wildman–Crippen MR) is 107 cm³/mol. The Kier molecular flexibility index (Phi) is 6.22. The van der Waals surface area contributed by atoms with E-state index in [0.717, 1.165) is 30.4 Å². The van der Waals surface area contributed by atoms with Crippen LogP contribution < -0.4 is 15.5 Å². The number of benzene rings is 1. The van der Waals surface area contributed by atoms with Gasteiger partial charge in [0, 0.05) is 31.5 Å². The summed E-state index contributed by atoms with van der Waals surface area (Å²) in [6.45, 7) is 4.80. The average Bonchev–Trinajstić information content (AvgIpc) is 2.64. The fourth-order valence-corrected chi connectivity index (χ4v) is 3.18. The molecule has 138 valence electrons. The Balaban J connectivity index is 1.49.